The average Bonchev–Trinajstić information content (AvgIpc) is 2.84. The van der Waals surface area contributed by atoms with Crippen molar-refractivity contribution in [2.75, 3.05) is 30.0 Å². The largest absolute Gasteiger partial charge is 0.433 e. The van der Waals surface area contributed by atoms with E-state index in [-0.39, 0.29) is 11.1 Å². The van der Waals surface area contributed by atoms with Crippen LogP contribution in [0.15, 0.2) is 54.7 Å². The van der Waals surface area contributed by atoms with Crippen LogP contribution in [0.25, 0.3) is 11.1 Å². The van der Waals surface area contributed by atoms with Crippen LogP contribution in [-0.2, 0) is 10.9 Å². The van der Waals surface area contributed by atoms with E-state index in [0.717, 1.165) is 46.7 Å². The van der Waals surface area contributed by atoms with E-state index < -0.39 is 23.9 Å². The summed E-state index contributed by atoms with van der Waals surface area (Å²) in [6.07, 6.45) is -3.67. The minimum absolute atomic E-state index is 0.131. The number of morpholine rings is 1. The monoisotopic (exact) mass is 497 g/mol. The number of hydrogen-bond acceptors (Lipinski definition) is 5. The van der Waals surface area contributed by atoms with Crippen LogP contribution >= 0.6 is 0 Å². The number of amides is 1. The predicted molar refractivity (Wildman–Crippen MR) is 130 cm³/mol. The smallest absolute Gasteiger partial charge is 0.388 e. The summed E-state index contributed by atoms with van der Waals surface area (Å²) in [4.78, 5) is 18.3. The topological polar surface area (TPSA) is 74.7 Å². The van der Waals surface area contributed by atoms with Crippen LogP contribution < -0.4 is 10.2 Å². The number of nitrogens with zero attached hydrogens (tertiary/aromatic N) is 2. The molecule has 0 saturated carbocycles. The molecule has 9 heteroatoms. The first-order valence-corrected chi connectivity index (χ1v) is 11.7. The number of carbonyl (C=O) groups excluding carboxylic acids is 1. The Morgan fingerprint density at radius 1 is 1.19 bits per heavy atom. The van der Waals surface area contributed by atoms with Crippen molar-refractivity contribution in [3.8, 4) is 11.1 Å². The number of alkyl halides is 3. The van der Waals surface area contributed by atoms with E-state index in [0.29, 0.717) is 25.3 Å². The van der Waals surface area contributed by atoms with Gasteiger partial charge in [-0.2, -0.15) is 13.2 Å². The zero-order valence-corrected chi connectivity index (χ0v) is 19.9. The number of hydrogen-bond donors (Lipinski definition) is 2. The fourth-order valence-electron chi connectivity index (χ4n) is 5.07. The predicted octanol–water partition coefficient (Wildman–Crippen LogP) is 5.36. The summed E-state index contributed by atoms with van der Waals surface area (Å²) >= 11 is 0. The molecule has 6 nitrogen and oxygen atoms in total. The highest BCUT2D eigenvalue weighted by atomic mass is 19.4. The molecule has 1 fully saturated rings. The third-order valence-corrected chi connectivity index (χ3v) is 6.96. The number of nitrogens with one attached hydrogen (secondary N) is 1. The summed E-state index contributed by atoms with van der Waals surface area (Å²) in [5, 5.41) is 13.5. The Bertz CT molecular complexity index is 1330. The Balaban J connectivity index is 1.46. The zero-order valence-electron chi connectivity index (χ0n) is 19.9. The van der Waals surface area contributed by atoms with Gasteiger partial charge in [0.05, 0.1) is 24.9 Å². The van der Waals surface area contributed by atoms with Gasteiger partial charge in [0, 0.05) is 41.7 Å². The molecule has 36 heavy (non-hydrogen) atoms. The van der Waals surface area contributed by atoms with Crippen molar-refractivity contribution >= 4 is 17.3 Å². The summed E-state index contributed by atoms with van der Waals surface area (Å²) in [6.45, 7) is 5.92. The molecule has 2 aliphatic heterocycles. The van der Waals surface area contributed by atoms with Crippen molar-refractivity contribution in [3.63, 3.8) is 0 Å². The normalized spacial score (nSPS) is 21.5. The first-order valence-electron chi connectivity index (χ1n) is 11.7. The van der Waals surface area contributed by atoms with E-state index in [2.05, 4.69) is 22.1 Å². The molecule has 5 rings (SSSR count). The fraction of sp³-hybridized carbons (Fsp3) is 0.333. The maximum atomic E-state index is 13.0. The second-order valence-electron chi connectivity index (χ2n) is 9.61. The second-order valence-corrected chi connectivity index (χ2v) is 9.61. The first-order chi connectivity index (χ1) is 17.0. The number of fused-ring (bicyclic) bond motifs is 3. The SMILES string of the molecule is Cc1ccc(NC(=O)c2ccnc(C(F)(F)F)c2)cc1-c1ccc2c(c1)N1CCOC[C@@]1(C)CC2O. The number of rotatable bonds is 3. The number of aliphatic hydroxyl groups excluding tert-OH is 1. The second kappa shape index (κ2) is 8.90. The molecule has 188 valence electrons. The van der Waals surface area contributed by atoms with Crippen molar-refractivity contribution < 1.29 is 27.8 Å². The third-order valence-electron chi connectivity index (χ3n) is 6.96. The number of benzene rings is 2. The Labute approximate surface area is 206 Å². The molecule has 2 atom stereocenters. The van der Waals surface area contributed by atoms with Crippen LogP contribution in [-0.4, -0.2) is 41.3 Å². The third kappa shape index (κ3) is 4.44. The number of aliphatic hydroxyl groups is 1. The lowest BCUT2D eigenvalue weighted by Gasteiger charge is -2.51. The van der Waals surface area contributed by atoms with Crippen LogP contribution in [0.4, 0.5) is 24.5 Å². The van der Waals surface area contributed by atoms with Crippen LogP contribution in [0, 0.1) is 6.92 Å². The van der Waals surface area contributed by atoms with Crippen molar-refractivity contribution in [1.82, 2.24) is 4.98 Å². The van der Waals surface area contributed by atoms with Gasteiger partial charge in [-0.05, 0) is 60.9 Å². The molecule has 0 spiro atoms. The highest BCUT2D eigenvalue weighted by molar-refractivity contribution is 6.04. The molecule has 0 bridgehead atoms. The molecule has 0 aliphatic carbocycles. The number of aromatic nitrogens is 1. The average molecular weight is 498 g/mol. The van der Waals surface area contributed by atoms with E-state index in [4.69, 9.17) is 4.74 Å². The van der Waals surface area contributed by atoms with E-state index in [1.807, 2.05) is 31.2 Å². The zero-order chi connectivity index (χ0) is 25.7. The van der Waals surface area contributed by atoms with Gasteiger partial charge >= 0.3 is 6.18 Å². The fourth-order valence-corrected chi connectivity index (χ4v) is 5.07. The molecule has 2 aromatic carbocycles. The molecular formula is C27H26F3N3O3. The highest BCUT2D eigenvalue weighted by Crippen LogP contribution is 2.45. The molecule has 1 saturated heterocycles. The van der Waals surface area contributed by atoms with Gasteiger partial charge in [-0.15, -0.1) is 0 Å². The number of halogens is 3. The number of ether oxygens (including phenoxy) is 1. The quantitative estimate of drug-likeness (QED) is 0.510. The summed E-state index contributed by atoms with van der Waals surface area (Å²) in [7, 11) is 0. The van der Waals surface area contributed by atoms with Crippen LogP contribution in [0.5, 0.6) is 0 Å². The van der Waals surface area contributed by atoms with Crippen molar-refractivity contribution in [2.24, 2.45) is 0 Å². The number of pyridine rings is 1. The molecule has 2 aliphatic rings. The highest BCUT2D eigenvalue weighted by Gasteiger charge is 2.43. The van der Waals surface area contributed by atoms with Crippen LogP contribution in [0.2, 0.25) is 0 Å². The number of carbonyl (C=O) groups is 1. The molecule has 3 heterocycles. The Morgan fingerprint density at radius 3 is 2.78 bits per heavy atom. The minimum Gasteiger partial charge on any atom is -0.388 e. The van der Waals surface area contributed by atoms with Crippen molar-refractivity contribution in [1.29, 1.82) is 0 Å². The van der Waals surface area contributed by atoms with Gasteiger partial charge in [0.1, 0.15) is 5.69 Å². The maximum Gasteiger partial charge on any atom is 0.433 e. The van der Waals surface area contributed by atoms with Gasteiger partial charge in [-0.3, -0.25) is 9.78 Å². The Morgan fingerprint density at radius 2 is 2.00 bits per heavy atom. The Hall–Kier alpha value is -3.43. The molecule has 1 amide bonds. The Kier molecular flexibility index (Phi) is 6.00. The van der Waals surface area contributed by atoms with E-state index >= 15 is 0 Å². The van der Waals surface area contributed by atoms with Crippen molar-refractivity contribution in [3.05, 3.63) is 77.1 Å². The summed E-state index contributed by atoms with van der Waals surface area (Å²) < 4.78 is 44.7. The van der Waals surface area contributed by atoms with Gasteiger partial charge in [-0.1, -0.05) is 18.2 Å². The number of anilines is 2. The van der Waals surface area contributed by atoms with Gasteiger partial charge in [0.25, 0.3) is 5.91 Å². The summed E-state index contributed by atoms with van der Waals surface area (Å²) in [5.74, 6) is -0.657. The lowest BCUT2D eigenvalue weighted by molar-refractivity contribution is -0.141. The molecule has 1 unspecified atom stereocenters. The number of aryl methyl sites for hydroxylation is 1. The molecule has 3 aromatic rings. The maximum absolute atomic E-state index is 13.0. The van der Waals surface area contributed by atoms with Crippen molar-refractivity contribution in [2.45, 2.75) is 38.1 Å². The molecule has 0 radical (unpaired) electrons. The first kappa shape index (κ1) is 24.3. The minimum atomic E-state index is -4.64. The summed E-state index contributed by atoms with van der Waals surface area (Å²) in [5.41, 5.74) is 3.50. The van der Waals surface area contributed by atoms with Gasteiger partial charge in [-0.25, -0.2) is 0 Å². The van der Waals surface area contributed by atoms with E-state index in [1.165, 1.54) is 6.07 Å². The summed E-state index contributed by atoms with van der Waals surface area (Å²) in [6, 6.07) is 13.3. The molecule has 2 N–H and O–H groups in total. The van der Waals surface area contributed by atoms with Gasteiger partial charge in [0.2, 0.25) is 0 Å². The van der Waals surface area contributed by atoms with Crippen LogP contribution in [0.3, 0.4) is 0 Å². The van der Waals surface area contributed by atoms with Gasteiger partial charge < -0.3 is 20.1 Å². The lowest BCUT2D eigenvalue weighted by atomic mass is 9.82. The van der Waals surface area contributed by atoms with E-state index in [1.54, 1.807) is 12.1 Å². The molecular weight excluding hydrogens is 471 g/mol. The van der Waals surface area contributed by atoms with E-state index in [9.17, 15) is 23.1 Å². The lowest BCUT2D eigenvalue weighted by Crippen LogP contribution is -2.58. The molecule has 1 aromatic heterocycles. The van der Waals surface area contributed by atoms with Crippen LogP contribution in [0.1, 0.15) is 46.6 Å². The standard InChI is InChI=1S/C27H26F3N3O3/c1-16-3-5-19(32-25(35)18-7-8-31-24(12-18)27(28,29)30)13-21(16)17-4-6-20-22(11-17)33-9-10-36-15-26(33,2)14-23(20)34/h3-8,11-13,23,34H,9-10,14-15H2,1-2H3,(H,32,35)/t23?,26-/m1/s1. The van der Waals surface area contributed by atoms with Gasteiger partial charge in [0.15, 0.2) is 0 Å².